The van der Waals surface area contributed by atoms with E-state index in [-0.39, 0.29) is 12.4 Å². The second kappa shape index (κ2) is 7.11. The van der Waals surface area contributed by atoms with Gasteiger partial charge in [-0.25, -0.2) is 0 Å². The van der Waals surface area contributed by atoms with Crippen molar-refractivity contribution in [3.05, 3.63) is 66.2 Å². The molecule has 0 radical (unpaired) electrons. The van der Waals surface area contributed by atoms with Gasteiger partial charge in [-0.2, -0.15) is 0 Å². The van der Waals surface area contributed by atoms with E-state index in [0.29, 0.717) is 0 Å². The van der Waals surface area contributed by atoms with Crippen molar-refractivity contribution in [3.8, 4) is 0 Å². The summed E-state index contributed by atoms with van der Waals surface area (Å²) in [6.45, 7) is 1.86. The predicted octanol–water partition coefficient (Wildman–Crippen LogP) is 4.31. The third-order valence-electron chi connectivity index (χ3n) is 3.42. The van der Waals surface area contributed by atoms with E-state index in [1.165, 1.54) is 23.5 Å². The molecule has 0 spiro atoms. The second-order valence-electron chi connectivity index (χ2n) is 4.81. The molecule has 1 aliphatic rings. The maximum Gasteiger partial charge on any atom is 0.104 e. The van der Waals surface area contributed by atoms with Crippen molar-refractivity contribution in [2.75, 3.05) is 11.4 Å². The van der Waals surface area contributed by atoms with Crippen molar-refractivity contribution in [1.29, 1.82) is 0 Å². The first-order chi connectivity index (χ1) is 9.43. The number of aliphatic imine (C=N–C) groups is 1. The lowest BCUT2D eigenvalue weighted by Gasteiger charge is -2.25. The first-order valence-electron chi connectivity index (χ1n) is 6.83. The van der Waals surface area contributed by atoms with Crippen LogP contribution in [-0.2, 0) is 6.54 Å². The Hall–Kier alpha value is -1.80. The molecular formula is C17H19ClN2. The summed E-state index contributed by atoms with van der Waals surface area (Å²) in [5, 5.41) is 0. The number of nitrogens with zero attached hydrogens (tertiary/aromatic N) is 2. The van der Waals surface area contributed by atoms with E-state index in [1.54, 1.807) is 0 Å². The predicted molar refractivity (Wildman–Crippen MR) is 87.9 cm³/mol. The molecule has 0 aliphatic carbocycles. The van der Waals surface area contributed by atoms with Crippen LogP contribution in [0.2, 0.25) is 0 Å². The first kappa shape index (κ1) is 14.6. The van der Waals surface area contributed by atoms with Gasteiger partial charge >= 0.3 is 0 Å². The highest BCUT2D eigenvalue weighted by Gasteiger charge is 2.16. The minimum atomic E-state index is 0. The van der Waals surface area contributed by atoms with Crippen LogP contribution in [0.15, 0.2) is 65.7 Å². The third-order valence-corrected chi connectivity index (χ3v) is 3.42. The zero-order valence-electron chi connectivity index (χ0n) is 11.4. The smallest absolute Gasteiger partial charge is 0.104 e. The van der Waals surface area contributed by atoms with E-state index < -0.39 is 0 Å². The van der Waals surface area contributed by atoms with Gasteiger partial charge in [0.1, 0.15) is 5.84 Å². The van der Waals surface area contributed by atoms with E-state index >= 15 is 0 Å². The van der Waals surface area contributed by atoms with Gasteiger partial charge in [0, 0.05) is 25.2 Å². The average molecular weight is 287 g/mol. The number of hydrogen-bond acceptors (Lipinski definition) is 2. The van der Waals surface area contributed by atoms with Gasteiger partial charge < -0.3 is 4.90 Å². The Morgan fingerprint density at radius 3 is 2.15 bits per heavy atom. The van der Waals surface area contributed by atoms with Gasteiger partial charge in [0.2, 0.25) is 0 Å². The van der Waals surface area contributed by atoms with Gasteiger partial charge in [-0.1, -0.05) is 48.5 Å². The Morgan fingerprint density at radius 2 is 1.55 bits per heavy atom. The molecule has 2 nitrogen and oxygen atoms in total. The normalized spacial score (nSPS) is 13.5. The van der Waals surface area contributed by atoms with Gasteiger partial charge in [-0.05, 0) is 24.1 Å². The summed E-state index contributed by atoms with van der Waals surface area (Å²) in [5.74, 6) is 1.22. The topological polar surface area (TPSA) is 15.6 Å². The molecule has 0 N–H and O–H groups in total. The van der Waals surface area contributed by atoms with Crippen molar-refractivity contribution < 1.29 is 0 Å². The summed E-state index contributed by atoms with van der Waals surface area (Å²) in [6, 6.07) is 21.1. The fourth-order valence-corrected chi connectivity index (χ4v) is 2.45. The molecule has 0 atom stereocenters. The molecular weight excluding hydrogens is 268 g/mol. The molecule has 20 heavy (non-hydrogen) atoms. The molecule has 2 aromatic carbocycles. The molecule has 0 bridgehead atoms. The van der Waals surface area contributed by atoms with Crippen molar-refractivity contribution in [2.24, 2.45) is 4.99 Å². The monoisotopic (exact) mass is 286 g/mol. The van der Waals surface area contributed by atoms with E-state index in [2.05, 4.69) is 70.6 Å². The van der Waals surface area contributed by atoms with Crippen LogP contribution in [0.4, 0.5) is 5.69 Å². The van der Waals surface area contributed by atoms with Gasteiger partial charge in [0.15, 0.2) is 0 Å². The molecule has 2 aromatic rings. The van der Waals surface area contributed by atoms with Crippen molar-refractivity contribution in [2.45, 2.75) is 19.4 Å². The summed E-state index contributed by atoms with van der Waals surface area (Å²) in [6.07, 6.45) is 2.26. The molecule has 0 fully saturated rings. The van der Waals surface area contributed by atoms with Crippen LogP contribution < -0.4 is 4.90 Å². The molecule has 1 aliphatic heterocycles. The number of para-hydroxylation sites is 1. The van der Waals surface area contributed by atoms with Crippen molar-refractivity contribution >= 4 is 23.9 Å². The largest absolute Gasteiger partial charge is 0.326 e. The van der Waals surface area contributed by atoms with E-state index in [1.807, 2.05) is 0 Å². The molecule has 0 saturated heterocycles. The Labute approximate surface area is 126 Å². The summed E-state index contributed by atoms with van der Waals surface area (Å²) < 4.78 is 0. The standard InChI is InChI=1S/C17H18N2.ClH/c1-3-8-15(9-4-1)14-19(17-12-7-13-18-17)16-10-5-2-6-11-16;/h1-6,8-11H,7,12-14H2;1H. The number of hydrogen-bond donors (Lipinski definition) is 0. The number of benzene rings is 2. The molecule has 3 heteroatoms. The maximum absolute atomic E-state index is 4.65. The van der Waals surface area contributed by atoms with Crippen LogP contribution in [0.1, 0.15) is 18.4 Å². The van der Waals surface area contributed by atoms with Gasteiger partial charge in [-0.15, -0.1) is 12.4 Å². The zero-order valence-corrected chi connectivity index (χ0v) is 12.2. The molecule has 0 aromatic heterocycles. The fourth-order valence-electron chi connectivity index (χ4n) is 2.45. The minimum absolute atomic E-state index is 0. The fraction of sp³-hybridized carbons (Fsp3) is 0.235. The molecule has 0 amide bonds. The highest BCUT2D eigenvalue weighted by atomic mass is 35.5. The average Bonchev–Trinajstić information content (AvgIpc) is 3.01. The second-order valence-corrected chi connectivity index (χ2v) is 4.81. The Bertz CT molecular complexity index is 552. The van der Waals surface area contributed by atoms with Gasteiger partial charge in [0.25, 0.3) is 0 Å². The van der Waals surface area contributed by atoms with Gasteiger partial charge in [-0.3, -0.25) is 4.99 Å². The summed E-state index contributed by atoms with van der Waals surface area (Å²) in [5.41, 5.74) is 2.55. The van der Waals surface area contributed by atoms with Gasteiger partial charge in [0.05, 0.1) is 0 Å². The zero-order chi connectivity index (χ0) is 12.9. The first-order valence-corrected chi connectivity index (χ1v) is 6.83. The maximum atomic E-state index is 4.65. The highest BCUT2D eigenvalue weighted by Crippen LogP contribution is 2.21. The van der Waals surface area contributed by atoms with Crippen LogP contribution >= 0.6 is 12.4 Å². The third kappa shape index (κ3) is 3.40. The quantitative estimate of drug-likeness (QED) is 0.821. The van der Waals surface area contributed by atoms with Crippen LogP contribution in [0.25, 0.3) is 0 Å². The number of rotatable bonds is 3. The molecule has 104 valence electrons. The van der Waals surface area contributed by atoms with Crippen LogP contribution in [-0.4, -0.2) is 12.4 Å². The SMILES string of the molecule is Cl.c1ccc(CN(C2=NCCC2)c2ccccc2)cc1. The summed E-state index contributed by atoms with van der Waals surface area (Å²) in [4.78, 5) is 6.99. The Balaban J connectivity index is 0.00000147. The summed E-state index contributed by atoms with van der Waals surface area (Å²) in [7, 11) is 0. The van der Waals surface area contributed by atoms with E-state index in [9.17, 15) is 0 Å². The van der Waals surface area contributed by atoms with Crippen molar-refractivity contribution in [1.82, 2.24) is 0 Å². The lowest BCUT2D eigenvalue weighted by atomic mass is 10.2. The Morgan fingerprint density at radius 1 is 0.900 bits per heavy atom. The molecule has 3 rings (SSSR count). The van der Waals surface area contributed by atoms with E-state index in [4.69, 9.17) is 0 Å². The summed E-state index contributed by atoms with van der Waals surface area (Å²) >= 11 is 0. The molecule has 0 unspecified atom stereocenters. The minimum Gasteiger partial charge on any atom is -0.326 e. The van der Waals surface area contributed by atoms with Crippen molar-refractivity contribution in [3.63, 3.8) is 0 Å². The lowest BCUT2D eigenvalue weighted by molar-refractivity contribution is 0.938. The highest BCUT2D eigenvalue weighted by molar-refractivity contribution is 5.98. The van der Waals surface area contributed by atoms with Crippen LogP contribution in [0.5, 0.6) is 0 Å². The molecule has 0 saturated carbocycles. The van der Waals surface area contributed by atoms with Crippen LogP contribution in [0, 0.1) is 0 Å². The number of anilines is 1. The van der Waals surface area contributed by atoms with E-state index in [0.717, 1.165) is 19.5 Å². The lowest BCUT2D eigenvalue weighted by Crippen LogP contribution is -2.28. The number of amidine groups is 1. The van der Waals surface area contributed by atoms with Crippen LogP contribution in [0.3, 0.4) is 0 Å². The molecule has 1 heterocycles. The Kier molecular flexibility index (Phi) is 5.19. The number of halogens is 1.